The molecule has 7 heteroatoms. The summed E-state index contributed by atoms with van der Waals surface area (Å²) in [5.41, 5.74) is 0. The molecule has 1 N–H and O–H groups in total. The van der Waals surface area contributed by atoms with E-state index < -0.39 is 0 Å². The zero-order valence-corrected chi connectivity index (χ0v) is 15.2. The average Bonchev–Trinajstić information content (AvgIpc) is 3.39. The van der Waals surface area contributed by atoms with Gasteiger partial charge in [0.25, 0.3) is 0 Å². The number of hydrogen-bond donors (Lipinski definition) is 1. The number of anilines is 1. The van der Waals surface area contributed by atoms with Crippen LogP contribution in [0.4, 0.5) is 5.82 Å². The summed E-state index contributed by atoms with van der Waals surface area (Å²) in [6.07, 6.45) is 4.03. The van der Waals surface area contributed by atoms with Crippen LogP contribution in [0.1, 0.15) is 37.4 Å². The molecule has 1 aliphatic carbocycles. The largest absolute Gasteiger partial charge is 0.356 e. The smallest absolute Gasteiger partial charge is 0.223 e. The van der Waals surface area contributed by atoms with E-state index in [2.05, 4.69) is 25.1 Å². The predicted molar refractivity (Wildman–Crippen MR) is 95.5 cm³/mol. The molecule has 1 saturated carbocycles. The molecule has 2 fully saturated rings. The number of likely N-dealkylation sites (N-methyl/N-ethyl adjacent to an activating group) is 1. The number of carbonyl (C=O) groups is 1. The first-order chi connectivity index (χ1) is 11.5. The van der Waals surface area contributed by atoms with Crippen LogP contribution in [0.2, 0.25) is 5.15 Å². The first-order valence-corrected chi connectivity index (χ1v) is 9.12. The summed E-state index contributed by atoms with van der Waals surface area (Å²) < 4.78 is 0. The van der Waals surface area contributed by atoms with E-state index in [1.807, 2.05) is 20.2 Å². The summed E-state index contributed by atoms with van der Waals surface area (Å²) in [5, 5.41) is 3.55. The van der Waals surface area contributed by atoms with E-state index in [0.29, 0.717) is 17.6 Å². The Hall–Kier alpha value is -1.40. The lowest BCUT2D eigenvalue weighted by Gasteiger charge is -2.32. The molecule has 1 aromatic heterocycles. The minimum Gasteiger partial charge on any atom is -0.356 e. The van der Waals surface area contributed by atoms with Crippen molar-refractivity contribution in [1.29, 1.82) is 0 Å². The summed E-state index contributed by atoms with van der Waals surface area (Å²) in [5.74, 6) is 2.55. The van der Waals surface area contributed by atoms with Gasteiger partial charge in [0, 0.05) is 44.1 Å². The first-order valence-electron chi connectivity index (χ1n) is 8.75. The van der Waals surface area contributed by atoms with Gasteiger partial charge in [0.2, 0.25) is 5.91 Å². The van der Waals surface area contributed by atoms with Gasteiger partial charge in [-0.1, -0.05) is 11.6 Å². The van der Waals surface area contributed by atoms with Gasteiger partial charge >= 0.3 is 0 Å². The summed E-state index contributed by atoms with van der Waals surface area (Å²) in [7, 11) is 4.01. The molecule has 0 aromatic carbocycles. The Balaban J connectivity index is 1.52. The van der Waals surface area contributed by atoms with Gasteiger partial charge in [-0.2, -0.15) is 0 Å². The fourth-order valence-corrected chi connectivity index (χ4v) is 3.21. The topological polar surface area (TPSA) is 61.4 Å². The van der Waals surface area contributed by atoms with Crippen LogP contribution in [0.3, 0.4) is 0 Å². The minimum absolute atomic E-state index is 0.101. The molecule has 0 atom stereocenters. The lowest BCUT2D eigenvalue weighted by molar-refractivity contribution is -0.125. The van der Waals surface area contributed by atoms with Gasteiger partial charge in [-0.3, -0.25) is 4.79 Å². The molecule has 2 heterocycles. The highest BCUT2D eigenvalue weighted by atomic mass is 35.5. The van der Waals surface area contributed by atoms with Crippen LogP contribution >= 0.6 is 11.6 Å². The van der Waals surface area contributed by atoms with Crippen molar-refractivity contribution >= 4 is 23.3 Å². The number of nitrogens with zero attached hydrogens (tertiary/aromatic N) is 4. The maximum atomic E-state index is 12.2. The van der Waals surface area contributed by atoms with Crippen molar-refractivity contribution in [2.75, 3.05) is 45.2 Å². The summed E-state index contributed by atoms with van der Waals surface area (Å²) >= 11 is 6.16. The second-order valence-electron chi connectivity index (χ2n) is 7.04. The van der Waals surface area contributed by atoms with Gasteiger partial charge in [0.05, 0.1) is 0 Å². The summed E-state index contributed by atoms with van der Waals surface area (Å²) in [6, 6.07) is 1.84. The standard InChI is InChI=1S/C17H26ClN5O/c1-22(2)10-7-19-17(24)13-5-8-23(9-6-13)15-11-14(18)20-16(21-15)12-3-4-12/h11-13H,3-10H2,1-2H3,(H,19,24). The Morgan fingerprint density at radius 1 is 1.29 bits per heavy atom. The molecular formula is C17H26ClN5O. The Morgan fingerprint density at radius 2 is 2.00 bits per heavy atom. The van der Waals surface area contributed by atoms with E-state index in [1.54, 1.807) is 0 Å². The first kappa shape index (κ1) is 17.4. The number of carbonyl (C=O) groups excluding carboxylic acids is 1. The van der Waals surface area contributed by atoms with E-state index in [1.165, 1.54) is 0 Å². The highest BCUT2D eigenvalue weighted by Crippen LogP contribution is 2.39. The zero-order chi connectivity index (χ0) is 17.1. The quantitative estimate of drug-likeness (QED) is 0.793. The van der Waals surface area contributed by atoms with Crippen molar-refractivity contribution in [1.82, 2.24) is 20.2 Å². The number of rotatable bonds is 6. The molecule has 0 radical (unpaired) electrons. The van der Waals surface area contributed by atoms with Crippen molar-refractivity contribution < 1.29 is 4.79 Å². The molecule has 6 nitrogen and oxygen atoms in total. The molecule has 24 heavy (non-hydrogen) atoms. The van der Waals surface area contributed by atoms with Crippen molar-refractivity contribution in [3.8, 4) is 0 Å². The predicted octanol–water partition coefficient (Wildman–Crippen LogP) is 1.90. The molecule has 3 rings (SSSR count). The van der Waals surface area contributed by atoms with E-state index in [9.17, 15) is 4.79 Å². The number of aromatic nitrogens is 2. The van der Waals surface area contributed by atoms with Gasteiger partial charge < -0.3 is 15.1 Å². The van der Waals surface area contributed by atoms with Crippen LogP contribution in [-0.2, 0) is 4.79 Å². The Labute approximate surface area is 148 Å². The van der Waals surface area contributed by atoms with Gasteiger partial charge in [0.1, 0.15) is 16.8 Å². The lowest BCUT2D eigenvalue weighted by atomic mass is 9.96. The van der Waals surface area contributed by atoms with Crippen LogP contribution in [-0.4, -0.2) is 61.0 Å². The third-order valence-electron chi connectivity index (χ3n) is 4.69. The van der Waals surface area contributed by atoms with Crippen LogP contribution in [0.15, 0.2) is 6.07 Å². The molecule has 0 bridgehead atoms. The van der Waals surface area contributed by atoms with E-state index in [-0.39, 0.29) is 11.8 Å². The van der Waals surface area contributed by atoms with Gasteiger partial charge in [-0.25, -0.2) is 9.97 Å². The number of hydrogen-bond acceptors (Lipinski definition) is 5. The maximum absolute atomic E-state index is 12.2. The van der Waals surface area contributed by atoms with Crippen LogP contribution in [0, 0.1) is 5.92 Å². The average molecular weight is 352 g/mol. The Morgan fingerprint density at radius 3 is 2.62 bits per heavy atom. The summed E-state index contributed by atoms with van der Waals surface area (Å²) in [6.45, 7) is 3.25. The van der Waals surface area contributed by atoms with Gasteiger partial charge in [-0.05, 0) is 39.8 Å². The van der Waals surface area contributed by atoms with Crippen LogP contribution in [0.5, 0.6) is 0 Å². The molecule has 1 aromatic rings. The maximum Gasteiger partial charge on any atom is 0.223 e. The van der Waals surface area contributed by atoms with Crippen LogP contribution in [0.25, 0.3) is 0 Å². The Bertz CT molecular complexity index is 582. The van der Waals surface area contributed by atoms with E-state index in [4.69, 9.17) is 11.6 Å². The second kappa shape index (κ2) is 7.66. The molecule has 1 saturated heterocycles. The fraction of sp³-hybridized carbons (Fsp3) is 0.706. The SMILES string of the molecule is CN(C)CCNC(=O)C1CCN(c2cc(Cl)nc(C3CC3)n2)CC1. The summed E-state index contributed by atoms with van der Waals surface area (Å²) in [4.78, 5) is 25.6. The van der Waals surface area contributed by atoms with Gasteiger partial charge in [0.15, 0.2) is 0 Å². The van der Waals surface area contributed by atoms with Crippen molar-refractivity contribution in [2.45, 2.75) is 31.6 Å². The third-order valence-corrected chi connectivity index (χ3v) is 4.88. The number of piperidine rings is 1. The monoisotopic (exact) mass is 351 g/mol. The zero-order valence-electron chi connectivity index (χ0n) is 14.5. The molecule has 0 spiro atoms. The van der Waals surface area contributed by atoms with E-state index in [0.717, 1.165) is 57.0 Å². The second-order valence-corrected chi connectivity index (χ2v) is 7.42. The lowest BCUT2D eigenvalue weighted by Crippen LogP contribution is -2.42. The molecular weight excluding hydrogens is 326 g/mol. The van der Waals surface area contributed by atoms with Crippen molar-refractivity contribution in [3.05, 3.63) is 17.0 Å². The highest BCUT2D eigenvalue weighted by molar-refractivity contribution is 6.29. The molecule has 1 aliphatic heterocycles. The third kappa shape index (κ3) is 4.57. The van der Waals surface area contributed by atoms with Crippen molar-refractivity contribution in [3.63, 3.8) is 0 Å². The fourth-order valence-electron chi connectivity index (χ4n) is 3.03. The van der Waals surface area contributed by atoms with Crippen LogP contribution < -0.4 is 10.2 Å². The van der Waals surface area contributed by atoms with E-state index >= 15 is 0 Å². The Kier molecular flexibility index (Phi) is 5.56. The van der Waals surface area contributed by atoms with Gasteiger partial charge in [-0.15, -0.1) is 0 Å². The normalized spacial score (nSPS) is 18.9. The molecule has 2 aliphatic rings. The minimum atomic E-state index is 0.101. The molecule has 132 valence electrons. The highest BCUT2D eigenvalue weighted by Gasteiger charge is 2.29. The van der Waals surface area contributed by atoms with Crippen molar-refractivity contribution in [2.24, 2.45) is 5.92 Å². The molecule has 1 amide bonds. The number of amides is 1. The number of nitrogens with one attached hydrogen (secondary N) is 1. The molecule has 0 unspecified atom stereocenters. The number of halogens is 1.